The van der Waals surface area contributed by atoms with E-state index in [4.69, 9.17) is 0 Å². The monoisotopic (exact) mass is 365 g/mol. The number of aromatic hydroxyl groups is 1. The molecule has 4 nitrogen and oxygen atoms in total. The van der Waals surface area contributed by atoms with E-state index >= 15 is 0 Å². The standard InChI is InChI=1S/C23H31N3O/c1-3-5-7-8-9-11-19-13-15-22(23(27)17-19)26-24-20-14-12-18(10-6-4-2)16-21(20)25-26/h12-17,27H,3-11H2,1-2H3. The molecular formula is C23H31N3O. The molecule has 1 heterocycles. The summed E-state index contributed by atoms with van der Waals surface area (Å²) in [5, 5.41) is 19.6. The Balaban J connectivity index is 1.71. The van der Waals surface area contributed by atoms with Crippen molar-refractivity contribution in [3.05, 3.63) is 47.5 Å². The van der Waals surface area contributed by atoms with Crippen molar-refractivity contribution in [3.63, 3.8) is 0 Å². The van der Waals surface area contributed by atoms with Gasteiger partial charge in [-0.15, -0.1) is 15.0 Å². The normalized spacial score (nSPS) is 11.3. The lowest BCUT2D eigenvalue weighted by Crippen LogP contribution is -1.99. The Morgan fingerprint density at radius 1 is 0.741 bits per heavy atom. The largest absolute Gasteiger partial charge is 0.506 e. The Morgan fingerprint density at radius 3 is 2.19 bits per heavy atom. The van der Waals surface area contributed by atoms with Crippen molar-refractivity contribution in [2.45, 2.75) is 71.6 Å². The van der Waals surface area contributed by atoms with Crippen LogP contribution in [0.15, 0.2) is 36.4 Å². The van der Waals surface area contributed by atoms with Crippen molar-refractivity contribution in [1.82, 2.24) is 15.0 Å². The molecule has 0 saturated heterocycles. The fraction of sp³-hybridized carbons (Fsp3) is 0.478. The van der Waals surface area contributed by atoms with E-state index < -0.39 is 0 Å². The van der Waals surface area contributed by atoms with E-state index in [0.717, 1.165) is 23.9 Å². The van der Waals surface area contributed by atoms with E-state index in [1.807, 2.05) is 18.2 Å². The van der Waals surface area contributed by atoms with Crippen molar-refractivity contribution in [2.24, 2.45) is 0 Å². The van der Waals surface area contributed by atoms with Crippen LogP contribution >= 0.6 is 0 Å². The van der Waals surface area contributed by atoms with Crippen molar-refractivity contribution in [3.8, 4) is 11.4 Å². The summed E-state index contributed by atoms with van der Waals surface area (Å²) in [6.07, 6.45) is 10.7. The zero-order chi connectivity index (χ0) is 19.1. The molecule has 0 fully saturated rings. The number of phenolic OH excluding ortho intramolecular Hbond substituents is 1. The van der Waals surface area contributed by atoms with Gasteiger partial charge in [0.15, 0.2) is 0 Å². The Labute approximate surface area is 162 Å². The summed E-state index contributed by atoms with van der Waals surface area (Å²) in [5.41, 5.74) is 4.83. The maximum absolute atomic E-state index is 10.5. The van der Waals surface area contributed by atoms with E-state index in [1.165, 1.54) is 56.1 Å². The predicted octanol–water partition coefficient (Wildman–Crippen LogP) is 5.98. The van der Waals surface area contributed by atoms with Gasteiger partial charge in [0.1, 0.15) is 22.5 Å². The lowest BCUT2D eigenvalue weighted by atomic mass is 10.0. The van der Waals surface area contributed by atoms with Crippen molar-refractivity contribution >= 4 is 11.0 Å². The second-order valence-electron chi connectivity index (χ2n) is 7.40. The van der Waals surface area contributed by atoms with Crippen molar-refractivity contribution in [1.29, 1.82) is 0 Å². The fourth-order valence-corrected chi connectivity index (χ4v) is 3.43. The van der Waals surface area contributed by atoms with Crippen LogP contribution in [0, 0.1) is 0 Å². The van der Waals surface area contributed by atoms with Crippen LogP contribution in [0.4, 0.5) is 0 Å². The minimum absolute atomic E-state index is 0.243. The van der Waals surface area contributed by atoms with E-state index in [-0.39, 0.29) is 5.75 Å². The molecule has 4 heteroatoms. The molecule has 3 rings (SSSR count). The van der Waals surface area contributed by atoms with Gasteiger partial charge in [-0.05, 0) is 61.1 Å². The van der Waals surface area contributed by atoms with Crippen LogP contribution in [0.1, 0.15) is 69.9 Å². The first kappa shape index (κ1) is 19.4. The van der Waals surface area contributed by atoms with Crippen LogP contribution < -0.4 is 0 Å². The molecule has 0 aliphatic carbocycles. The van der Waals surface area contributed by atoms with Gasteiger partial charge in [0, 0.05) is 0 Å². The quantitative estimate of drug-likeness (QED) is 0.450. The predicted molar refractivity (Wildman–Crippen MR) is 112 cm³/mol. The topological polar surface area (TPSA) is 50.9 Å². The minimum Gasteiger partial charge on any atom is -0.506 e. The zero-order valence-electron chi connectivity index (χ0n) is 16.6. The summed E-state index contributed by atoms with van der Waals surface area (Å²) in [5.74, 6) is 0.243. The number of rotatable bonds is 10. The van der Waals surface area contributed by atoms with Crippen LogP contribution in [0.25, 0.3) is 16.7 Å². The van der Waals surface area contributed by atoms with Gasteiger partial charge in [-0.2, -0.15) is 0 Å². The first-order valence-electron chi connectivity index (χ1n) is 10.4. The molecule has 3 aromatic rings. The number of aromatic nitrogens is 3. The summed E-state index contributed by atoms with van der Waals surface area (Å²) in [6.45, 7) is 4.43. The molecular weight excluding hydrogens is 334 g/mol. The van der Waals surface area contributed by atoms with Gasteiger partial charge in [0.2, 0.25) is 0 Å². The van der Waals surface area contributed by atoms with E-state index in [9.17, 15) is 5.11 Å². The van der Waals surface area contributed by atoms with Crippen molar-refractivity contribution in [2.75, 3.05) is 0 Å². The lowest BCUT2D eigenvalue weighted by molar-refractivity contribution is 0.466. The van der Waals surface area contributed by atoms with Gasteiger partial charge in [-0.25, -0.2) is 0 Å². The van der Waals surface area contributed by atoms with Gasteiger partial charge in [-0.1, -0.05) is 58.1 Å². The van der Waals surface area contributed by atoms with Gasteiger partial charge in [0.25, 0.3) is 0 Å². The second-order valence-corrected chi connectivity index (χ2v) is 7.40. The van der Waals surface area contributed by atoms with Gasteiger partial charge in [0.05, 0.1) is 0 Å². The Bertz CT molecular complexity index is 869. The molecule has 2 aromatic carbocycles. The Kier molecular flexibility index (Phi) is 6.86. The van der Waals surface area contributed by atoms with Crippen LogP contribution in [0.2, 0.25) is 0 Å². The first-order valence-corrected chi connectivity index (χ1v) is 10.4. The number of hydrogen-bond donors (Lipinski definition) is 1. The maximum Gasteiger partial charge on any atom is 0.143 e. The smallest absolute Gasteiger partial charge is 0.143 e. The van der Waals surface area contributed by atoms with E-state index in [2.05, 4.69) is 42.2 Å². The number of nitrogens with zero attached hydrogens (tertiary/aromatic N) is 3. The second kappa shape index (κ2) is 9.54. The summed E-state index contributed by atoms with van der Waals surface area (Å²) in [6, 6.07) is 12.1. The zero-order valence-corrected chi connectivity index (χ0v) is 16.6. The van der Waals surface area contributed by atoms with Gasteiger partial charge in [-0.3, -0.25) is 0 Å². The summed E-state index contributed by atoms with van der Waals surface area (Å²) in [7, 11) is 0. The highest BCUT2D eigenvalue weighted by Gasteiger charge is 2.10. The summed E-state index contributed by atoms with van der Waals surface area (Å²) in [4.78, 5) is 1.55. The molecule has 0 atom stereocenters. The first-order chi connectivity index (χ1) is 13.2. The number of unbranched alkanes of at least 4 members (excludes halogenated alkanes) is 5. The molecule has 0 bridgehead atoms. The number of fused-ring (bicyclic) bond motifs is 1. The van der Waals surface area contributed by atoms with E-state index in [1.54, 1.807) is 4.80 Å². The molecule has 0 aliphatic rings. The number of phenols is 1. The molecule has 0 spiro atoms. The molecule has 1 aromatic heterocycles. The molecule has 144 valence electrons. The molecule has 0 saturated carbocycles. The van der Waals surface area contributed by atoms with Crippen LogP contribution in [0.3, 0.4) is 0 Å². The molecule has 0 unspecified atom stereocenters. The van der Waals surface area contributed by atoms with Crippen LogP contribution in [-0.4, -0.2) is 20.1 Å². The molecule has 0 amide bonds. The Hall–Kier alpha value is -2.36. The average Bonchev–Trinajstić information content (AvgIpc) is 3.09. The molecule has 0 radical (unpaired) electrons. The van der Waals surface area contributed by atoms with Crippen molar-refractivity contribution < 1.29 is 5.11 Å². The molecule has 1 N–H and O–H groups in total. The van der Waals surface area contributed by atoms with Gasteiger partial charge < -0.3 is 5.11 Å². The number of aryl methyl sites for hydroxylation is 2. The van der Waals surface area contributed by atoms with Crippen LogP contribution in [0.5, 0.6) is 5.75 Å². The fourth-order valence-electron chi connectivity index (χ4n) is 3.43. The minimum atomic E-state index is 0.243. The third kappa shape index (κ3) is 5.09. The third-order valence-corrected chi connectivity index (χ3v) is 5.09. The third-order valence-electron chi connectivity index (χ3n) is 5.09. The van der Waals surface area contributed by atoms with E-state index in [0.29, 0.717) is 5.69 Å². The number of hydrogen-bond acceptors (Lipinski definition) is 3. The summed E-state index contributed by atoms with van der Waals surface area (Å²) < 4.78 is 0. The maximum atomic E-state index is 10.5. The highest BCUT2D eigenvalue weighted by atomic mass is 16.3. The Morgan fingerprint density at radius 2 is 1.41 bits per heavy atom. The SMILES string of the molecule is CCCCCCCc1ccc(-n2nc3ccc(CCCC)cc3n2)c(O)c1. The highest BCUT2D eigenvalue weighted by molar-refractivity contribution is 5.74. The summed E-state index contributed by atoms with van der Waals surface area (Å²) >= 11 is 0. The lowest BCUT2D eigenvalue weighted by Gasteiger charge is -2.06. The molecule has 0 aliphatic heterocycles. The molecule has 27 heavy (non-hydrogen) atoms. The number of benzene rings is 2. The highest BCUT2D eigenvalue weighted by Crippen LogP contribution is 2.24. The van der Waals surface area contributed by atoms with Gasteiger partial charge >= 0.3 is 0 Å². The average molecular weight is 366 g/mol. The van der Waals surface area contributed by atoms with Crippen LogP contribution in [-0.2, 0) is 12.8 Å².